The van der Waals surface area contributed by atoms with Gasteiger partial charge in [-0.1, -0.05) is 11.6 Å². The van der Waals surface area contributed by atoms with Gasteiger partial charge in [-0.05, 0) is 6.07 Å². The number of nitrogen functional groups attached to an aromatic ring is 1. The van der Waals surface area contributed by atoms with Crippen LogP contribution >= 0.6 is 36.4 Å². The number of anilines is 1. The van der Waals surface area contributed by atoms with Crippen LogP contribution in [0.15, 0.2) is 12.3 Å². The van der Waals surface area contributed by atoms with Crippen LogP contribution in [0.1, 0.15) is 5.56 Å². The van der Waals surface area contributed by atoms with Gasteiger partial charge < -0.3 is 11.5 Å². The quantitative estimate of drug-likeness (QED) is 0.770. The molecule has 6 heteroatoms. The molecule has 0 amide bonds. The molecule has 1 aromatic heterocycles. The van der Waals surface area contributed by atoms with Gasteiger partial charge in [-0.25, -0.2) is 4.98 Å². The van der Waals surface area contributed by atoms with Gasteiger partial charge in [0.15, 0.2) is 0 Å². The molecule has 0 aliphatic rings. The summed E-state index contributed by atoms with van der Waals surface area (Å²) in [4.78, 5) is 3.82. The summed E-state index contributed by atoms with van der Waals surface area (Å²) in [5.41, 5.74) is 11.6. The summed E-state index contributed by atoms with van der Waals surface area (Å²) in [6.45, 7) is 0.374. The third kappa shape index (κ3) is 3.45. The monoisotopic (exact) mass is 229 g/mol. The van der Waals surface area contributed by atoms with Crippen molar-refractivity contribution in [3.05, 3.63) is 22.8 Å². The van der Waals surface area contributed by atoms with Crippen LogP contribution in [0.3, 0.4) is 0 Å². The third-order valence-electron chi connectivity index (χ3n) is 1.19. The van der Waals surface area contributed by atoms with Crippen LogP contribution in [0.4, 0.5) is 5.82 Å². The van der Waals surface area contributed by atoms with E-state index in [1.165, 1.54) is 6.20 Å². The summed E-state index contributed by atoms with van der Waals surface area (Å²) in [7, 11) is 0. The summed E-state index contributed by atoms with van der Waals surface area (Å²) in [5, 5.41) is 0.564. The second-order valence-corrected chi connectivity index (χ2v) is 2.34. The molecule has 3 nitrogen and oxygen atoms in total. The van der Waals surface area contributed by atoms with Gasteiger partial charge in [0.2, 0.25) is 0 Å². The Bertz CT molecular complexity index is 241. The Morgan fingerprint density at radius 1 is 1.42 bits per heavy atom. The van der Waals surface area contributed by atoms with Crippen LogP contribution in [0.5, 0.6) is 0 Å². The van der Waals surface area contributed by atoms with Crippen molar-refractivity contribution in [1.82, 2.24) is 4.98 Å². The van der Waals surface area contributed by atoms with E-state index in [1.807, 2.05) is 0 Å². The van der Waals surface area contributed by atoms with Crippen LogP contribution < -0.4 is 11.5 Å². The molecule has 0 atom stereocenters. The predicted molar refractivity (Wildman–Crippen MR) is 56.0 cm³/mol. The number of nitrogens with zero attached hydrogens (tertiary/aromatic N) is 1. The van der Waals surface area contributed by atoms with Gasteiger partial charge in [-0.2, -0.15) is 0 Å². The summed E-state index contributed by atoms with van der Waals surface area (Å²) in [6.07, 6.45) is 1.50. The van der Waals surface area contributed by atoms with Crippen molar-refractivity contribution in [3.8, 4) is 0 Å². The molecule has 0 saturated heterocycles. The van der Waals surface area contributed by atoms with Crippen molar-refractivity contribution in [2.24, 2.45) is 5.73 Å². The number of halogens is 3. The minimum atomic E-state index is 0. The fourth-order valence-electron chi connectivity index (χ4n) is 0.655. The predicted octanol–water partition coefficient (Wildman–Crippen LogP) is 1.62. The van der Waals surface area contributed by atoms with Gasteiger partial charge in [-0.3, -0.25) is 0 Å². The highest BCUT2D eigenvalue weighted by Gasteiger charge is 1.97. The van der Waals surface area contributed by atoms with Crippen LogP contribution in [0.2, 0.25) is 5.02 Å². The number of pyridine rings is 1. The maximum Gasteiger partial charge on any atom is 0.127 e. The Balaban J connectivity index is 0. The Labute approximate surface area is 88.3 Å². The number of hydrogen-bond acceptors (Lipinski definition) is 3. The van der Waals surface area contributed by atoms with E-state index in [0.29, 0.717) is 17.4 Å². The van der Waals surface area contributed by atoms with Crippen molar-refractivity contribution < 1.29 is 0 Å². The number of hydrogen-bond donors (Lipinski definition) is 2. The van der Waals surface area contributed by atoms with Crippen molar-refractivity contribution in [2.75, 3.05) is 5.73 Å². The Morgan fingerprint density at radius 3 is 2.42 bits per heavy atom. The highest BCUT2D eigenvalue weighted by atomic mass is 35.5. The van der Waals surface area contributed by atoms with Crippen molar-refractivity contribution in [3.63, 3.8) is 0 Å². The normalized spacial score (nSPS) is 8.17. The van der Waals surface area contributed by atoms with Gasteiger partial charge in [0.05, 0.1) is 5.02 Å². The second kappa shape index (κ2) is 6.31. The van der Waals surface area contributed by atoms with Crippen molar-refractivity contribution in [2.45, 2.75) is 6.54 Å². The molecule has 0 saturated carbocycles. The number of nitrogens with two attached hydrogens (primary N) is 2. The molecule has 0 radical (unpaired) electrons. The van der Waals surface area contributed by atoms with Gasteiger partial charge in [0, 0.05) is 18.3 Å². The standard InChI is InChI=1S/C6H8ClN3.2ClH/c7-5-1-4(2-8)6(9)10-3-5;;/h1,3H,2,8H2,(H2,9,10);2*1H. The maximum absolute atomic E-state index is 5.62. The van der Waals surface area contributed by atoms with Gasteiger partial charge in [0.25, 0.3) is 0 Å². The van der Waals surface area contributed by atoms with Crippen molar-refractivity contribution in [1.29, 1.82) is 0 Å². The molecular formula is C6H10Cl3N3. The van der Waals surface area contributed by atoms with Crippen LogP contribution in [0.25, 0.3) is 0 Å². The molecule has 1 heterocycles. The molecule has 0 aliphatic carbocycles. The first-order chi connectivity index (χ1) is 4.74. The highest BCUT2D eigenvalue weighted by molar-refractivity contribution is 6.30. The lowest BCUT2D eigenvalue weighted by Crippen LogP contribution is -2.02. The summed E-state index contributed by atoms with van der Waals surface area (Å²) >= 11 is 5.62. The molecule has 4 N–H and O–H groups in total. The Kier molecular flexibility index (Phi) is 7.53. The summed E-state index contributed by atoms with van der Waals surface area (Å²) < 4.78 is 0. The fraction of sp³-hybridized carbons (Fsp3) is 0.167. The minimum absolute atomic E-state index is 0. The summed E-state index contributed by atoms with van der Waals surface area (Å²) in [6, 6.07) is 1.71. The van der Waals surface area contributed by atoms with E-state index < -0.39 is 0 Å². The lowest BCUT2D eigenvalue weighted by molar-refractivity contribution is 1.05. The number of rotatable bonds is 1. The second-order valence-electron chi connectivity index (χ2n) is 1.90. The largest absolute Gasteiger partial charge is 0.383 e. The average Bonchev–Trinajstić information content (AvgIpc) is 1.94. The Hall–Kier alpha value is -0.220. The van der Waals surface area contributed by atoms with Crippen LogP contribution in [0, 0.1) is 0 Å². The molecule has 12 heavy (non-hydrogen) atoms. The van der Waals surface area contributed by atoms with E-state index in [4.69, 9.17) is 23.1 Å². The lowest BCUT2D eigenvalue weighted by Gasteiger charge is -1.99. The van der Waals surface area contributed by atoms with E-state index in [9.17, 15) is 0 Å². The highest BCUT2D eigenvalue weighted by Crippen LogP contribution is 2.13. The molecule has 70 valence electrons. The average molecular weight is 231 g/mol. The first-order valence-corrected chi connectivity index (χ1v) is 3.22. The molecule has 0 spiro atoms. The fourth-order valence-corrected chi connectivity index (χ4v) is 0.836. The maximum atomic E-state index is 5.62. The molecule has 0 fully saturated rings. The van der Waals surface area contributed by atoms with Gasteiger partial charge >= 0.3 is 0 Å². The molecule has 1 aromatic rings. The number of aromatic nitrogens is 1. The van der Waals surface area contributed by atoms with Gasteiger partial charge in [-0.15, -0.1) is 24.8 Å². The zero-order valence-corrected chi connectivity index (χ0v) is 8.55. The molecule has 0 unspecified atom stereocenters. The molecule has 0 bridgehead atoms. The van der Waals surface area contributed by atoms with Gasteiger partial charge in [0.1, 0.15) is 5.82 Å². The zero-order chi connectivity index (χ0) is 7.56. The molecular weight excluding hydrogens is 220 g/mol. The van der Waals surface area contributed by atoms with E-state index in [-0.39, 0.29) is 24.8 Å². The third-order valence-corrected chi connectivity index (χ3v) is 1.39. The van der Waals surface area contributed by atoms with Crippen LogP contribution in [-0.4, -0.2) is 4.98 Å². The van der Waals surface area contributed by atoms with E-state index in [1.54, 1.807) is 6.07 Å². The minimum Gasteiger partial charge on any atom is -0.383 e. The molecule has 1 rings (SSSR count). The zero-order valence-electron chi connectivity index (χ0n) is 6.16. The first-order valence-electron chi connectivity index (χ1n) is 2.84. The van der Waals surface area contributed by atoms with Crippen molar-refractivity contribution >= 4 is 42.2 Å². The smallest absolute Gasteiger partial charge is 0.127 e. The lowest BCUT2D eigenvalue weighted by atomic mass is 10.2. The summed E-state index contributed by atoms with van der Waals surface area (Å²) in [5.74, 6) is 0.451. The molecule has 0 aromatic carbocycles. The SMILES string of the molecule is Cl.Cl.NCc1cc(Cl)cnc1N. The molecule has 0 aliphatic heterocycles. The Morgan fingerprint density at radius 2 is 2.00 bits per heavy atom. The topological polar surface area (TPSA) is 64.9 Å². The van der Waals surface area contributed by atoms with E-state index in [0.717, 1.165) is 5.56 Å². The van der Waals surface area contributed by atoms with E-state index in [2.05, 4.69) is 4.98 Å². The van der Waals surface area contributed by atoms with E-state index >= 15 is 0 Å². The first kappa shape index (κ1) is 14.3. The van der Waals surface area contributed by atoms with Crippen LogP contribution in [-0.2, 0) is 6.54 Å².